The molecule has 0 aromatic rings. The molecule has 0 nitrogen and oxygen atoms in total. The van der Waals surface area contributed by atoms with Crippen LogP contribution in [-0.4, -0.2) is 0 Å². The van der Waals surface area contributed by atoms with Crippen LogP contribution in [0.2, 0.25) is 0 Å². The molecule has 0 aliphatic rings. The average molecular weight is 469 g/mol. The van der Waals surface area contributed by atoms with Gasteiger partial charge in [-0.1, -0.05) is 14.9 Å². The van der Waals surface area contributed by atoms with E-state index in [0.717, 1.165) is 0 Å². The molecule has 2 radical (unpaired) electrons. The van der Waals surface area contributed by atoms with E-state index in [2.05, 4.69) is 27.7 Å². The van der Waals surface area contributed by atoms with Gasteiger partial charge in [-0.25, -0.2) is 0 Å². The van der Waals surface area contributed by atoms with Crippen LogP contribution in [0.3, 0.4) is 0 Å². The van der Waals surface area contributed by atoms with E-state index in [1.807, 2.05) is 0 Å². The summed E-state index contributed by atoms with van der Waals surface area (Å²) in [4.78, 5) is 0. The van der Waals surface area contributed by atoms with Gasteiger partial charge >= 0.3 is 37.1 Å². The van der Waals surface area contributed by atoms with Crippen LogP contribution in [0.5, 0.6) is 0 Å². The van der Waals surface area contributed by atoms with Gasteiger partial charge in [-0.3, -0.25) is 4.70 Å². The van der Waals surface area contributed by atoms with Gasteiger partial charge in [0.25, 0.3) is 0 Å². The summed E-state index contributed by atoms with van der Waals surface area (Å²) in [6.45, 7) is 11.2. The van der Waals surface area contributed by atoms with Crippen LogP contribution >= 0.6 is 0 Å². The second kappa shape index (κ2) is 151. The van der Waals surface area contributed by atoms with Crippen molar-refractivity contribution in [3.8, 4) is 0 Å². The molecule has 100 valence electrons. The fourth-order valence-corrected chi connectivity index (χ4v) is 0. The van der Waals surface area contributed by atoms with Gasteiger partial charge in [0.2, 0.25) is 0 Å². The molecule has 0 aliphatic heterocycles. The van der Waals surface area contributed by atoms with Gasteiger partial charge in [0.05, 0.1) is 0 Å². The maximum Gasteiger partial charge on any atom is 2.00 e. The van der Waals surface area contributed by atoms with Crippen molar-refractivity contribution in [3.05, 3.63) is 35.1 Å². The molecule has 0 saturated carbocycles. The van der Waals surface area contributed by atoms with Crippen LogP contribution in [0.4, 0.5) is 4.70 Å². The van der Waals surface area contributed by atoms with Crippen molar-refractivity contribution < 1.29 is 62.9 Å². The van der Waals surface area contributed by atoms with Gasteiger partial charge in [-0.15, -0.1) is 0 Å². The second-order valence-electron chi connectivity index (χ2n) is 1.50. The van der Waals surface area contributed by atoms with Crippen molar-refractivity contribution in [2.45, 2.75) is 42.5 Å². The van der Waals surface area contributed by atoms with Crippen LogP contribution < -0.4 is 0 Å². The third kappa shape index (κ3) is 940. The first-order valence-corrected chi connectivity index (χ1v) is 2.21. The SMILES string of the molecule is C.C.C[C-](C)C.F.[CH2-]C.[CH3-].[CH3-].[CH3-].[V+2].[V+2].[W]. The number of hydrogen-bond donors (Lipinski definition) is 0. The summed E-state index contributed by atoms with van der Waals surface area (Å²) in [5.74, 6) is 1.42. The molecule has 0 bridgehead atoms. The van der Waals surface area contributed by atoms with Crippen LogP contribution in [0.25, 0.3) is 0 Å². The first-order chi connectivity index (χ1) is 2.73. The first-order valence-electron chi connectivity index (χ1n) is 2.21. The summed E-state index contributed by atoms with van der Waals surface area (Å²) in [5.41, 5.74) is 0. The summed E-state index contributed by atoms with van der Waals surface area (Å²) in [5, 5.41) is 0. The molecule has 0 rings (SSSR count). The first kappa shape index (κ1) is 125. The van der Waals surface area contributed by atoms with Crippen molar-refractivity contribution in [3.63, 3.8) is 0 Å². The Kier molecular flexibility index (Phi) is 1250. The summed E-state index contributed by atoms with van der Waals surface area (Å²) < 4.78 is 0. The molecule has 0 N–H and O–H groups in total. The average Bonchev–Trinajstić information content (AvgIpc) is 1.41. The largest absolute Gasteiger partial charge is 2.00 e. The predicted molar refractivity (Wildman–Crippen MR) is 66.5 cm³/mol. The summed E-state index contributed by atoms with van der Waals surface area (Å²) in [6, 6.07) is 0. The number of rotatable bonds is 0. The minimum absolute atomic E-state index is 0. The van der Waals surface area contributed by atoms with Crippen molar-refractivity contribution in [1.29, 1.82) is 0 Å². The summed E-state index contributed by atoms with van der Waals surface area (Å²) in [7, 11) is 0. The molecule has 0 heterocycles. The van der Waals surface area contributed by atoms with Gasteiger partial charge in [-0.05, 0) is 0 Å². The number of halogens is 1. The molecular weight excluding hydrogens is 437 g/mol. The zero-order chi connectivity index (χ0) is 5.58. The molecule has 0 spiro atoms. The van der Waals surface area contributed by atoms with Gasteiger partial charge in [0, 0.05) is 21.1 Å². The fourth-order valence-electron chi connectivity index (χ4n) is 0. The smallest absolute Gasteiger partial charge is 0.358 e. The Balaban J connectivity index is -0.00000000155. The minimum Gasteiger partial charge on any atom is -0.358 e. The van der Waals surface area contributed by atoms with Crippen LogP contribution in [0, 0.1) is 35.1 Å². The molecular formula is C11H32FV2W-. The molecule has 15 heavy (non-hydrogen) atoms. The van der Waals surface area contributed by atoms with E-state index < -0.39 is 0 Å². The molecule has 0 atom stereocenters. The van der Waals surface area contributed by atoms with E-state index in [-0.39, 0.29) is 100 Å². The molecule has 0 fully saturated rings. The Bertz CT molecular complexity index is 23.3. The summed E-state index contributed by atoms with van der Waals surface area (Å²) >= 11 is 0. The van der Waals surface area contributed by atoms with E-state index in [4.69, 9.17) is 0 Å². The number of hydrogen-bond acceptors (Lipinski definition) is 0. The quantitative estimate of drug-likeness (QED) is 0.427. The van der Waals surface area contributed by atoms with Crippen LogP contribution in [0.1, 0.15) is 42.5 Å². The van der Waals surface area contributed by atoms with Crippen LogP contribution in [-0.2, 0) is 58.2 Å². The maximum atomic E-state index is 3.25. The van der Waals surface area contributed by atoms with E-state index in [9.17, 15) is 0 Å². The third-order valence-corrected chi connectivity index (χ3v) is 0. The Hall–Kier alpha value is 1.79. The van der Waals surface area contributed by atoms with E-state index in [0.29, 0.717) is 0 Å². The molecule has 0 amide bonds. The predicted octanol–water partition coefficient (Wildman–Crippen LogP) is 5.23. The van der Waals surface area contributed by atoms with Gasteiger partial charge in [0.15, 0.2) is 0 Å². The van der Waals surface area contributed by atoms with Crippen molar-refractivity contribution in [2.75, 3.05) is 0 Å². The Morgan fingerprint density at radius 1 is 0.733 bits per heavy atom. The van der Waals surface area contributed by atoms with Gasteiger partial charge in [-0.2, -0.15) is 27.7 Å². The second-order valence-corrected chi connectivity index (χ2v) is 1.50. The standard InChI is InChI=1S/C4H9.C2H5.2CH4.3CH3.FH.2V.W/c1-4(2)3;1-2;;;;;;;;;/h1-3H3;1H2,2H3;2*1H4;3*1H3;1H;;;/q2*-1;;;3*-1;;2*+2;. The monoisotopic (exact) mass is 469 g/mol. The Labute approximate surface area is 140 Å². The van der Waals surface area contributed by atoms with Crippen molar-refractivity contribution in [1.82, 2.24) is 0 Å². The molecule has 0 unspecified atom stereocenters. The fraction of sp³-hybridized carbons (Fsp3) is 0.545. The molecule has 0 saturated heterocycles. The Morgan fingerprint density at radius 2 is 0.733 bits per heavy atom. The van der Waals surface area contributed by atoms with E-state index in [1.54, 1.807) is 6.92 Å². The molecule has 4 heteroatoms. The van der Waals surface area contributed by atoms with Crippen molar-refractivity contribution in [2.24, 2.45) is 0 Å². The maximum absolute atomic E-state index is 3.25. The van der Waals surface area contributed by atoms with Crippen LogP contribution in [0.15, 0.2) is 0 Å². The van der Waals surface area contributed by atoms with Gasteiger partial charge < -0.3 is 35.1 Å². The van der Waals surface area contributed by atoms with E-state index >= 15 is 0 Å². The zero-order valence-corrected chi connectivity index (χ0v) is 15.6. The topological polar surface area (TPSA) is 0 Å². The normalized spacial score (nSPS) is 2.80. The summed E-state index contributed by atoms with van der Waals surface area (Å²) in [6.07, 6.45) is 0. The van der Waals surface area contributed by atoms with E-state index in [1.165, 1.54) is 5.92 Å². The zero-order valence-electron chi connectivity index (χ0n) is 9.92. The molecule has 0 aromatic heterocycles. The van der Waals surface area contributed by atoms with Gasteiger partial charge in [0.1, 0.15) is 0 Å². The molecule has 0 aromatic carbocycles. The van der Waals surface area contributed by atoms with Crippen molar-refractivity contribution >= 4 is 0 Å². The molecule has 0 aliphatic carbocycles. The minimum atomic E-state index is 0. The third-order valence-electron chi connectivity index (χ3n) is 0. The Morgan fingerprint density at radius 3 is 0.733 bits per heavy atom.